The molecule has 0 saturated heterocycles. The highest BCUT2D eigenvalue weighted by atomic mass is 16.6. The summed E-state index contributed by atoms with van der Waals surface area (Å²) < 4.78 is 5.70. The molecule has 0 saturated carbocycles. The van der Waals surface area contributed by atoms with Crippen molar-refractivity contribution in [1.82, 2.24) is 5.32 Å². The highest BCUT2D eigenvalue weighted by Crippen LogP contribution is 2.25. The highest BCUT2D eigenvalue weighted by Gasteiger charge is 2.19. The predicted molar refractivity (Wildman–Crippen MR) is 89.6 cm³/mol. The number of hydrogen-bond donors (Lipinski definition) is 2. The Labute approximate surface area is 137 Å². The van der Waals surface area contributed by atoms with Gasteiger partial charge in [0.2, 0.25) is 0 Å². The van der Waals surface area contributed by atoms with E-state index in [4.69, 9.17) is 10.2 Å². The standard InChI is InChI=1S/C17H15N3O4/c1-10(16-9-11-4-2-3-5-15(11)24-16)19-17(21)12-6-7-13(18)14(8-12)20(22)23/h2-10H,18H2,1H3,(H,19,21). The first-order chi connectivity index (χ1) is 11.5. The zero-order valence-corrected chi connectivity index (χ0v) is 12.9. The lowest BCUT2D eigenvalue weighted by Gasteiger charge is -2.11. The summed E-state index contributed by atoms with van der Waals surface area (Å²) in [6, 6.07) is 13.0. The van der Waals surface area contributed by atoms with Gasteiger partial charge in [0.15, 0.2) is 0 Å². The number of nitrogen functional groups attached to an aromatic ring is 1. The van der Waals surface area contributed by atoms with E-state index in [2.05, 4.69) is 5.32 Å². The lowest BCUT2D eigenvalue weighted by Crippen LogP contribution is -2.26. The molecule has 3 N–H and O–H groups in total. The van der Waals surface area contributed by atoms with Crippen LogP contribution in [0.25, 0.3) is 11.0 Å². The third-order valence-electron chi connectivity index (χ3n) is 3.71. The van der Waals surface area contributed by atoms with Crippen molar-refractivity contribution < 1.29 is 14.1 Å². The lowest BCUT2D eigenvalue weighted by atomic mass is 10.1. The number of hydrogen-bond acceptors (Lipinski definition) is 5. The van der Waals surface area contributed by atoms with Gasteiger partial charge in [-0.3, -0.25) is 14.9 Å². The second-order valence-electron chi connectivity index (χ2n) is 5.41. The molecule has 1 unspecified atom stereocenters. The fourth-order valence-corrected chi connectivity index (χ4v) is 2.41. The molecule has 0 fully saturated rings. The maximum absolute atomic E-state index is 12.3. The van der Waals surface area contributed by atoms with Crippen molar-refractivity contribution in [2.24, 2.45) is 0 Å². The first-order valence-corrected chi connectivity index (χ1v) is 7.29. The summed E-state index contributed by atoms with van der Waals surface area (Å²) in [7, 11) is 0. The van der Waals surface area contributed by atoms with E-state index < -0.39 is 10.8 Å². The molecule has 7 heteroatoms. The van der Waals surface area contributed by atoms with E-state index in [1.807, 2.05) is 30.3 Å². The van der Waals surface area contributed by atoms with Crippen LogP contribution in [0.1, 0.15) is 29.1 Å². The van der Waals surface area contributed by atoms with E-state index in [1.165, 1.54) is 12.1 Å². The molecule has 3 aromatic rings. The zero-order valence-electron chi connectivity index (χ0n) is 12.9. The second-order valence-corrected chi connectivity index (χ2v) is 5.41. The molecule has 7 nitrogen and oxygen atoms in total. The van der Waals surface area contributed by atoms with Crippen LogP contribution >= 0.6 is 0 Å². The van der Waals surface area contributed by atoms with Gasteiger partial charge in [-0.15, -0.1) is 0 Å². The number of nitrogens with two attached hydrogens (primary N) is 1. The van der Waals surface area contributed by atoms with Crippen LogP contribution in [-0.4, -0.2) is 10.8 Å². The molecule has 122 valence electrons. The quantitative estimate of drug-likeness (QED) is 0.434. The maximum Gasteiger partial charge on any atom is 0.292 e. The Kier molecular flexibility index (Phi) is 3.91. The van der Waals surface area contributed by atoms with Crippen LogP contribution in [0, 0.1) is 10.1 Å². The fourth-order valence-electron chi connectivity index (χ4n) is 2.41. The molecule has 0 spiro atoms. The van der Waals surface area contributed by atoms with Gasteiger partial charge < -0.3 is 15.5 Å². The average molecular weight is 325 g/mol. The Morgan fingerprint density at radius 2 is 2.00 bits per heavy atom. The number of anilines is 1. The van der Waals surface area contributed by atoms with E-state index in [9.17, 15) is 14.9 Å². The minimum atomic E-state index is -0.616. The van der Waals surface area contributed by atoms with E-state index >= 15 is 0 Å². The van der Waals surface area contributed by atoms with Crippen LogP contribution in [-0.2, 0) is 0 Å². The molecule has 1 atom stereocenters. The number of nitro benzene ring substituents is 1. The molecule has 0 aliphatic carbocycles. The normalized spacial score (nSPS) is 12.0. The van der Waals surface area contributed by atoms with Crippen LogP contribution in [0.2, 0.25) is 0 Å². The van der Waals surface area contributed by atoms with Crippen LogP contribution in [0.4, 0.5) is 11.4 Å². The summed E-state index contributed by atoms with van der Waals surface area (Å²) in [5, 5.41) is 14.6. The average Bonchev–Trinajstić information content (AvgIpc) is 2.99. The number of rotatable bonds is 4. The first kappa shape index (κ1) is 15.5. The number of furan rings is 1. The predicted octanol–water partition coefficient (Wildman–Crippen LogP) is 3.41. The smallest absolute Gasteiger partial charge is 0.292 e. The summed E-state index contributed by atoms with van der Waals surface area (Å²) in [5.41, 5.74) is 6.16. The Balaban J connectivity index is 1.81. The Morgan fingerprint density at radius 3 is 2.71 bits per heavy atom. The Morgan fingerprint density at radius 1 is 1.25 bits per heavy atom. The number of fused-ring (bicyclic) bond motifs is 1. The van der Waals surface area contributed by atoms with E-state index in [1.54, 1.807) is 6.92 Å². The monoisotopic (exact) mass is 325 g/mol. The van der Waals surface area contributed by atoms with Gasteiger partial charge in [0.25, 0.3) is 11.6 Å². The van der Waals surface area contributed by atoms with Gasteiger partial charge in [-0.25, -0.2) is 0 Å². The highest BCUT2D eigenvalue weighted by molar-refractivity contribution is 5.95. The Bertz CT molecular complexity index is 899. The topological polar surface area (TPSA) is 111 Å². The van der Waals surface area contributed by atoms with Gasteiger partial charge in [0, 0.05) is 17.0 Å². The summed E-state index contributed by atoms with van der Waals surface area (Å²) in [5.74, 6) is 0.167. The molecule has 0 bridgehead atoms. The number of benzene rings is 2. The lowest BCUT2D eigenvalue weighted by molar-refractivity contribution is -0.383. The molecule has 0 aliphatic rings. The third-order valence-corrected chi connectivity index (χ3v) is 3.71. The molecule has 2 aromatic carbocycles. The minimum absolute atomic E-state index is 0.0156. The summed E-state index contributed by atoms with van der Waals surface area (Å²) in [6.07, 6.45) is 0. The molecule has 0 radical (unpaired) electrons. The molecule has 1 amide bonds. The van der Waals surface area contributed by atoms with Crippen LogP contribution in [0.3, 0.4) is 0 Å². The molecule has 1 aromatic heterocycles. The number of nitrogens with one attached hydrogen (secondary N) is 1. The second kappa shape index (κ2) is 6.04. The molecule has 24 heavy (non-hydrogen) atoms. The molecular formula is C17H15N3O4. The molecule has 1 heterocycles. The van der Waals surface area contributed by atoms with Crippen molar-refractivity contribution in [3.63, 3.8) is 0 Å². The van der Waals surface area contributed by atoms with Gasteiger partial charge in [0.1, 0.15) is 17.0 Å². The zero-order chi connectivity index (χ0) is 17.3. The fraction of sp³-hybridized carbons (Fsp3) is 0.118. The van der Waals surface area contributed by atoms with Gasteiger partial charge in [-0.1, -0.05) is 18.2 Å². The van der Waals surface area contributed by atoms with E-state index in [0.717, 1.165) is 17.0 Å². The summed E-state index contributed by atoms with van der Waals surface area (Å²) in [6.45, 7) is 1.78. The SMILES string of the molecule is CC(NC(=O)c1ccc(N)c([N+](=O)[O-])c1)c1cc2ccccc2o1. The van der Waals surface area contributed by atoms with Gasteiger partial charge in [-0.2, -0.15) is 0 Å². The van der Waals surface area contributed by atoms with Crippen molar-refractivity contribution in [3.05, 3.63) is 70.0 Å². The molecule has 3 rings (SSSR count). The first-order valence-electron chi connectivity index (χ1n) is 7.29. The van der Waals surface area contributed by atoms with Crippen LogP contribution in [0.5, 0.6) is 0 Å². The number of amides is 1. The van der Waals surface area contributed by atoms with Crippen molar-refractivity contribution in [1.29, 1.82) is 0 Å². The van der Waals surface area contributed by atoms with Crippen molar-refractivity contribution in [3.8, 4) is 0 Å². The number of carbonyl (C=O) groups is 1. The summed E-state index contributed by atoms with van der Waals surface area (Å²) >= 11 is 0. The van der Waals surface area contributed by atoms with Gasteiger partial charge in [-0.05, 0) is 31.2 Å². The van der Waals surface area contributed by atoms with Crippen molar-refractivity contribution in [2.75, 3.05) is 5.73 Å². The van der Waals surface area contributed by atoms with Gasteiger partial charge >= 0.3 is 0 Å². The number of para-hydroxylation sites is 1. The van der Waals surface area contributed by atoms with Crippen LogP contribution in [0.15, 0.2) is 52.9 Å². The minimum Gasteiger partial charge on any atom is -0.459 e. The third kappa shape index (κ3) is 2.91. The van der Waals surface area contributed by atoms with Crippen LogP contribution < -0.4 is 11.1 Å². The number of nitro groups is 1. The van der Waals surface area contributed by atoms with Gasteiger partial charge in [0.05, 0.1) is 11.0 Å². The number of carbonyl (C=O) groups excluding carboxylic acids is 1. The molecule has 0 aliphatic heterocycles. The number of nitrogens with zero attached hydrogens (tertiary/aromatic N) is 1. The molecular weight excluding hydrogens is 310 g/mol. The van der Waals surface area contributed by atoms with E-state index in [-0.39, 0.29) is 23.0 Å². The largest absolute Gasteiger partial charge is 0.459 e. The van der Waals surface area contributed by atoms with Crippen molar-refractivity contribution >= 4 is 28.3 Å². The summed E-state index contributed by atoms with van der Waals surface area (Å²) in [4.78, 5) is 22.6. The van der Waals surface area contributed by atoms with E-state index in [0.29, 0.717) is 5.76 Å². The maximum atomic E-state index is 12.3. The Hall–Kier alpha value is -3.35. The van der Waals surface area contributed by atoms with Crippen molar-refractivity contribution in [2.45, 2.75) is 13.0 Å².